The van der Waals surface area contributed by atoms with E-state index >= 15 is 0 Å². The first-order valence-electron chi connectivity index (χ1n) is 8.26. The summed E-state index contributed by atoms with van der Waals surface area (Å²) in [6.07, 6.45) is 4.20. The van der Waals surface area contributed by atoms with Crippen LogP contribution in [0.5, 0.6) is 11.5 Å². The van der Waals surface area contributed by atoms with Crippen molar-refractivity contribution in [1.82, 2.24) is 0 Å². The zero-order valence-electron chi connectivity index (χ0n) is 14.8. The van der Waals surface area contributed by atoms with E-state index in [2.05, 4.69) is 12.1 Å². The molecule has 0 unspecified atom stereocenters. The number of ketones is 1. The minimum atomic E-state index is -0.00724. The molecule has 1 heterocycles. The van der Waals surface area contributed by atoms with Crippen molar-refractivity contribution in [2.24, 2.45) is 0 Å². The molecule has 0 atom stereocenters. The standard InChI is InChI=1S/C22H20O3S/c1-24-18-10-8-17(21(15-18)25-2)9-12-20(23)22-13-11-19(26-22)14-16-6-4-3-5-7-16/h3-13,15H,14H2,1-2H3/b12-9+. The van der Waals surface area contributed by atoms with E-state index in [1.54, 1.807) is 32.4 Å². The third kappa shape index (κ3) is 4.41. The van der Waals surface area contributed by atoms with Gasteiger partial charge in [0, 0.05) is 22.9 Å². The van der Waals surface area contributed by atoms with Crippen LogP contribution in [0.4, 0.5) is 0 Å². The fourth-order valence-corrected chi connectivity index (χ4v) is 3.57. The van der Waals surface area contributed by atoms with Crippen molar-refractivity contribution < 1.29 is 14.3 Å². The highest BCUT2D eigenvalue weighted by molar-refractivity contribution is 7.14. The minimum absolute atomic E-state index is 0.00724. The maximum absolute atomic E-state index is 12.5. The van der Waals surface area contributed by atoms with Crippen LogP contribution in [0.15, 0.2) is 66.7 Å². The average molecular weight is 364 g/mol. The summed E-state index contributed by atoms with van der Waals surface area (Å²) in [7, 11) is 3.21. The summed E-state index contributed by atoms with van der Waals surface area (Å²) in [5.41, 5.74) is 2.08. The van der Waals surface area contributed by atoms with E-state index in [9.17, 15) is 4.79 Å². The molecule has 0 spiro atoms. The molecule has 0 aliphatic carbocycles. The Morgan fingerprint density at radius 1 is 1.00 bits per heavy atom. The highest BCUT2D eigenvalue weighted by atomic mass is 32.1. The third-order valence-corrected chi connectivity index (χ3v) is 5.08. The van der Waals surface area contributed by atoms with Gasteiger partial charge in [0.2, 0.25) is 0 Å². The largest absolute Gasteiger partial charge is 0.497 e. The number of carbonyl (C=O) groups is 1. The van der Waals surface area contributed by atoms with Gasteiger partial charge >= 0.3 is 0 Å². The predicted molar refractivity (Wildman–Crippen MR) is 106 cm³/mol. The zero-order valence-corrected chi connectivity index (χ0v) is 15.6. The number of rotatable bonds is 7. The van der Waals surface area contributed by atoms with Crippen molar-refractivity contribution in [1.29, 1.82) is 0 Å². The molecular weight excluding hydrogens is 344 g/mol. The first kappa shape index (κ1) is 18.0. The molecule has 0 aliphatic heterocycles. The molecule has 0 aliphatic rings. The second-order valence-corrected chi connectivity index (χ2v) is 6.90. The number of allylic oxidation sites excluding steroid dienone is 1. The molecule has 3 rings (SSSR count). The molecule has 3 nitrogen and oxygen atoms in total. The van der Waals surface area contributed by atoms with E-state index in [4.69, 9.17) is 9.47 Å². The molecule has 132 valence electrons. The first-order valence-corrected chi connectivity index (χ1v) is 9.08. The lowest BCUT2D eigenvalue weighted by Gasteiger charge is -2.07. The van der Waals surface area contributed by atoms with Crippen molar-refractivity contribution in [2.75, 3.05) is 14.2 Å². The quantitative estimate of drug-likeness (QED) is 0.424. The van der Waals surface area contributed by atoms with Crippen molar-refractivity contribution >= 4 is 23.2 Å². The molecule has 0 saturated carbocycles. The number of methoxy groups -OCH3 is 2. The Bertz CT molecular complexity index is 910. The highest BCUT2D eigenvalue weighted by Crippen LogP contribution is 2.26. The Hall–Kier alpha value is -2.85. The summed E-state index contributed by atoms with van der Waals surface area (Å²) in [5.74, 6) is 1.38. The van der Waals surface area contributed by atoms with E-state index in [1.807, 2.05) is 42.5 Å². The van der Waals surface area contributed by atoms with Gasteiger partial charge in [0.1, 0.15) is 11.5 Å². The van der Waals surface area contributed by atoms with E-state index < -0.39 is 0 Å². The number of hydrogen-bond donors (Lipinski definition) is 0. The fraction of sp³-hybridized carbons (Fsp3) is 0.136. The van der Waals surface area contributed by atoms with Crippen LogP contribution in [-0.2, 0) is 6.42 Å². The van der Waals surface area contributed by atoms with Gasteiger partial charge in [0.25, 0.3) is 0 Å². The van der Waals surface area contributed by atoms with Gasteiger partial charge in [-0.3, -0.25) is 4.79 Å². The minimum Gasteiger partial charge on any atom is -0.497 e. The van der Waals surface area contributed by atoms with Crippen LogP contribution in [0, 0.1) is 0 Å². The monoisotopic (exact) mass is 364 g/mol. The van der Waals surface area contributed by atoms with E-state index in [0.29, 0.717) is 11.5 Å². The van der Waals surface area contributed by atoms with Gasteiger partial charge in [0.15, 0.2) is 5.78 Å². The molecule has 1 aromatic heterocycles. The average Bonchev–Trinajstić information content (AvgIpc) is 3.15. The normalized spacial score (nSPS) is 10.8. The number of hydrogen-bond acceptors (Lipinski definition) is 4. The number of thiophene rings is 1. The van der Waals surface area contributed by atoms with Crippen LogP contribution in [0.25, 0.3) is 6.08 Å². The lowest BCUT2D eigenvalue weighted by Crippen LogP contribution is -1.92. The lowest BCUT2D eigenvalue weighted by molar-refractivity contribution is 0.105. The first-order chi connectivity index (χ1) is 12.7. The van der Waals surface area contributed by atoms with Crippen LogP contribution in [0.1, 0.15) is 25.7 Å². The Morgan fingerprint density at radius 3 is 2.54 bits per heavy atom. The number of carbonyl (C=O) groups excluding carboxylic acids is 1. The Morgan fingerprint density at radius 2 is 1.81 bits per heavy atom. The maximum Gasteiger partial charge on any atom is 0.195 e. The molecule has 0 fully saturated rings. The summed E-state index contributed by atoms with van der Waals surface area (Å²) in [6.45, 7) is 0. The molecule has 2 aromatic carbocycles. The molecular formula is C22H20O3S. The van der Waals surface area contributed by atoms with E-state index in [-0.39, 0.29) is 5.78 Å². The summed E-state index contributed by atoms with van der Waals surface area (Å²) in [4.78, 5) is 14.4. The van der Waals surface area contributed by atoms with Crippen molar-refractivity contribution in [3.05, 3.63) is 87.6 Å². The molecule has 0 N–H and O–H groups in total. The SMILES string of the molecule is COc1ccc(/C=C/C(=O)c2ccc(Cc3ccccc3)s2)c(OC)c1. The van der Waals surface area contributed by atoms with E-state index in [1.165, 1.54) is 21.8 Å². The topological polar surface area (TPSA) is 35.5 Å². The van der Waals surface area contributed by atoms with Gasteiger partial charge in [0.05, 0.1) is 19.1 Å². The smallest absolute Gasteiger partial charge is 0.195 e. The Balaban J connectivity index is 1.71. The molecule has 0 bridgehead atoms. The third-order valence-electron chi connectivity index (χ3n) is 3.98. The van der Waals surface area contributed by atoms with Gasteiger partial charge in [-0.2, -0.15) is 0 Å². The van der Waals surface area contributed by atoms with E-state index in [0.717, 1.165) is 16.9 Å². The summed E-state index contributed by atoms with van der Waals surface area (Å²) < 4.78 is 10.5. The van der Waals surface area contributed by atoms with Gasteiger partial charge in [-0.05, 0) is 42.0 Å². The summed E-state index contributed by atoms with van der Waals surface area (Å²) >= 11 is 1.53. The van der Waals surface area contributed by atoms with Gasteiger partial charge < -0.3 is 9.47 Å². The number of ether oxygens (including phenoxy) is 2. The summed E-state index contributed by atoms with van der Waals surface area (Å²) in [5, 5.41) is 0. The predicted octanol–water partition coefficient (Wildman–Crippen LogP) is 5.25. The molecule has 0 amide bonds. The second kappa shape index (κ2) is 8.50. The van der Waals surface area contributed by atoms with Gasteiger partial charge in [-0.25, -0.2) is 0 Å². The molecule has 0 saturated heterocycles. The summed E-state index contributed by atoms with van der Waals surface area (Å²) in [6, 6.07) is 19.7. The fourth-order valence-electron chi connectivity index (χ4n) is 2.61. The molecule has 4 heteroatoms. The van der Waals surface area contributed by atoms with Gasteiger partial charge in [-0.15, -0.1) is 11.3 Å². The number of benzene rings is 2. The zero-order chi connectivity index (χ0) is 18.4. The van der Waals surface area contributed by atoms with Crippen LogP contribution in [0.2, 0.25) is 0 Å². The highest BCUT2D eigenvalue weighted by Gasteiger charge is 2.08. The van der Waals surface area contributed by atoms with Crippen LogP contribution in [-0.4, -0.2) is 20.0 Å². The molecule has 26 heavy (non-hydrogen) atoms. The Kier molecular flexibility index (Phi) is 5.87. The van der Waals surface area contributed by atoms with Crippen molar-refractivity contribution in [3.63, 3.8) is 0 Å². The van der Waals surface area contributed by atoms with Gasteiger partial charge in [-0.1, -0.05) is 30.3 Å². The molecule has 0 radical (unpaired) electrons. The lowest BCUT2D eigenvalue weighted by atomic mass is 10.1. The second-order valence-electron chi connectivity index (χ2n) is 5.73. The molecule has 3 aromatic rings. The van der Waals surface area contributed by atoms with Crippen LogP contribution in [0.3, 0.4) is 0 Å². The van der Waals surface area contributed by atoms with Crippen molar-refractivity contribution in [2.45, 2.75) is 6.42 Å². The van der Waals surface area contributed by atoms with Crippen LogP contribution < -0.4 is 9.47 Å². The van der Waals surface area contributed by atoms with Crippen LogP contribution >= 0.6 is 11.3 Å². The maximum atomic E-state index is 12.5. The van der Waals surface area contributed by atoms with Crippen molar-refractivity contribution in [3.8, 4) is 11.5 Å². The Labute approximate surface area is 157 Å².